The summed E-state index contributed by atoms with van der Waals surface area (Å²) in [5.41, 5.74) is -2.19. The first-order valence-electron chi connectivity index (χ1n) is 11.0. The fourth-order valence-corrected chi connectivity index (χ4v) is 3.74. The van der Waals surface area contributed by atoms with E-state index in [4.69, 9.17) is 9.47 Å². The van der Waals surface area contributed by atoms with Crippen LogP contribution in [0.25, 0.3) is 6.08 Å². The highest BCUT2D eigenvalue weighted by molar-refractivity contribution is 5.98. The molecule has 0 radical (unpaired) electrons. The fraction of sp³-hybridized carbons (Fsp3) is 0.214. The lowest BCUT2D eigenvalue weighted by molar-refractivity contribution is -0.175. The molecule has 0 bridgehead atoms. The molecule has 0 saturated carbocycles. The summed E-state index contributed by atoms with van der Waals surface area (Å²) in [6.45, 7) is 1.68. The van der Waals surface area contributed by atoms with E-state index in [0.717, 1.165) is 11.1 Å². The van der Waals surface area contributed by atoms with Crippen molar-refractivity contribution in [2.45, 2.75) is 31.1 Å². The lowest BCUT2D eigenvalue weighted by Gasteiger charge is -2.42. The third-order valence-corrected chi connectivity index (χ3v) is 5.69. The number of rotatable bonds is 10. The maximum Gasteiger partial charge on any atom is 0.345 e. The number of esters is 2. The zero-order valence-electron chi connectivity index (χ0n) is 19.3. The van der Waals surface area contributed by atoms with Gasteiger partial charge in [0.25, 0.3) is 0 Å². The standard InChI is InChI=1S/C28H29NO5/c1-3-27(29-24-17-11-6-12-18-24,25(30)34-21-23-15-9-5-10-16-23)28(32,26(31)33-2)20-19-22-13-7-4-8-14-22/h4-20,29,32H,3,21H2,1-2H3/b20-19+/t27-,28+/m1/s1. The minimum atomic E-state index is -2.38. The molecule has 34 heavy (non-hydrogen) atoms. The summed E-state index contributed by atoms with van der Waals surface area (Å²) >= 11 is 0. The fourth-order valence-electron chi connectivity index (χ4n) is 3.74. The van der Waals surface area contributed by atoms with Crippen LogP contribution in [0.1, 0.15) is 24.5 Å². The molecule has 3 aromatic carbocycles. The van der Waals surface area contributed by atoms with Crippen molar-refractivity contribution >= 4 is 23.7 Å². The number of nitrogens with one attached hydrogen (secondary N) is 1. The van der Waals surface area contributed by atoms with E-state index < -0.39 is 23.1 Å². The van der Waals surface area contributed by atoms with Crippen LogP contribution in [-0.2, 0) is 25.7 Å². The summed E-state index contributed by atoms with van der Waals surface area (Å²) in [5.74, 6) is -1.77. The van der Waals surface area contributed by atoms with Gasteiger partial charge in [0, 0.05) is 5.69 Å². The van der Waals surface area contributed by atoms with Crippen LogP contribution in [0.15, 0.2) is 97.1 Å². The number of para-hydroxylation sites is 1. The van der Waals surface area contributed by atoms with Crippen molar-refractivity contribution in [3.05, 3.63) is 108 Å². The Morgan fingerprint density at radius 2 is 1.44 bits per heavy atom. The van der Waals surface area contributed by atoms with Gasteiger partial charge >= 0.3 is 11.9 Å². The summed E-state index contributed by atoms with van der Waals surface area (Å²) in [6.07, 6.45) is 2.90. The Morgan fingerprint density at radius 3 is 2.00 bits per heavy atom. The summed E-state index contributed by atoms with van der Waals surface area (Å²) in [6, 6.07) is 27.2. The molecule has 0 aliphatic rings. The molecule has 6 nitrogen and oxygen atoms in total. The molecule has 0 amide bonds. The number of benzene rings is 3. The average molecular weight is 460 g/mol. The number of ether oxygens (including phenoxy) is 2. The van der Waals surface area contributed by atoms with E-state index in [1.807, 2.05) is 66.7 Å². The predicted octanol–water partition coefficient (Wildman–Crippen LogP) is 4.61. The van der Waals surface area contributed by atoms with Gasteiger partial charge in [0.15, 0.2) is 5.54 Å². The normalized spacial score (nSPS) is 14.6. The largest absolute Gasteiger partial charge is 0.467 e. The molecule has 176 valence electrons. The van der Waals surface area contributed by atoms with Gasteiger partial charge in [-0.05, 0) is 35.8 Å². The lowest BCUT2D eigenvalue weighted by Crippen LogP contribution is -2.67. The quantitative estimate of drug-likeness (QED) is 0.431. The van der Waals surface area contributed by atoms with Crippen LogP contribution < -0.4 is 5.32 Å². The van der Waals surface area contributed by atoms with Crippen LogP contribution in [0.4, 0.5) is 5.69 Å². The number of anilines is 1. The van der Waals surface area contributed by atoms with Crippen molar-refractivity contribution in [2.24, 2.45) is 0 Å². The molecule has 3 rings (SSSR count). The Bertz CT molecular complexity index is 1100. The number of hydrogen-bond donors (Lipinski definition) is 2. The number of carbonyl (C=O) groups excluding carboxylic acids is 2. The van der Waals surface area contributed by atoms with Gasteiger partial charge in [0.1, 0.15) is 6.61 Å². The van der Waals surface area contributed by atoms with Gasteiger partial charge in [-0.25, -0.2) is 9.59 Å². The van der Waals surface area contributed by atoms with Crippen molar-refractivity contribution in [3.8, 4) is 0 Å². The van der Waals surface area contributed by atoms with E-state index in [1.54, 1.807) is 37.3 Å². The molecular weight excluding hydrogens is 430 g/mol. The van der Waals surface area contributed by atoms with Crippen molar-refractivity contribution < 1.29 is 24.2 Å². The summed E-state index contributed by atoms with van der Waals surface area (Å²) < 4.78 is 10.6. The monoisotopic (exact) mass is 459 g/mol. The first kappa shape index (κ1) is 24.7. The van der Waals surface area contributed by atoms with E-state index >= 15 is 0 Å². The molecule has 0 heterocycles. The lowest BCUT2D eigenvalue weighted by atomic mass is 9.76. The van der Waals surface area contributed by atoms with Crippen LogP contribution >= 0.6 is 0 Å². The SMILES string of the molecule is CC[C@@](Nc1ccccc1)(C(=O)OCc1ccccc1)[C@](O)(/C=C/c1ccccc1)C(=O)OC. The third-order valence-electron chi connectivity index (χ3n) is 5.69. The van der Waals surface area contributed by atoms with E-state index in [-0.39, 0.29) is 13.0 Å². The van der Waals surface area contributed by atoms with Crippen LogP contribution in [0.2, 0.25) is 0 Å². The van der Waals surface area contributed by atoms with Gasteiger partial charge < -0.3 is 19.9 Å². The molecule has 0 aliphatic heterocycles. The summed E-state index contributed by atoms with van der Waals surface area (Å²) in [5, 5.41) is 14.9. The minimum Gasteiger partial charge on any atom is -0.467 e. The molecule has 0 fully saturated rings. The molecular formula is C28H29NO5. The van der Waals surface area contributed by atoms with Crippen LogP contribution in [0.3, 0.4) is 0 Å². The van der Waals surface area contributed by atoms with Crippen LogP contribution in [0.5, 0.6) is 0 Å². The van der Waals surface area contributed by atoms with Gasteiger partial charge in [-0.3, -0.25) is 0 Å². The van der Waals surface area contributed by atoms with Crippen LogP contribution in [0, 0.1) is 0 Å². The Labute approximate surface area is 199 Å². The Morgan fingerprint density at radius 1 is 0.882 bits per heavy atom. The van der Waals surface area contributed by atoms with Crippen molar-refractivity contribution in [1.29, 1.82) is 0 Å². The second-order valence-corrected chi connectivity index (χ2v) is 7.81. The summed E-state index contributed by atoms with van der Waals surface area (Å²) in [7, 11) is 1.17. The first-order valence-corrected chi connectivity index (χ1v) is 11.0. The topological polar surface area (TPSA) is 84.9 Å². The number of aliphatic hydroxyl groups is 1. The average Bonchev–Trinajstić information content (AvgIpc) is 2.90. The van der Waals surface area contributed by atoms with Crippen LogP contribution in [-0.4, -0.2) is 35.3 Å². The van der Waals surface area contributed by atoms with Crippen molar-refractivity contribution in [2.75, 3.05) is 12.4 Å². The first-order chi connectivity index (χ1) is 16.4. The molecule has 3 aromatic rings. The van der Waals surface area contributed by atoms with Gasteiger partial charge in [0.2, 0.25) is 5.60 Å². The highest BCUT2D eigenvalue weighted by Gasteiger charge is 2.60. The molecule has 0 spiro atoms. The van der Waals surface area contributed by atoms with E-state index in [0.29, 0.717) is 5.69 Å². The molecule has 0 aliphatic carbocycles. The number of hydrogen-bond acceptors (Lipinski definition) is 6. The predicted molar refractivity (Wildman–Crippen MR) is 132 cm³/mol. The Balaban J connectivity index is 2.07. The molecule has 6 heteroatoms. The van der Waals surface area contributed by atoms with E-state index in [9.17, 15) is 14.7 Å². The summed E-state index contributed by atoms with van der Waals surface area (Å²) in [4.78, 5) is 26.7. The smallest absolute Gasteiger partial charge is 0.345 e. The highest BCUT2D eigenvalue weighted by Crippen LogP contribution is 2.35. The van der Waals surface area contributed by atoms with Crippen molar-refractivity contribution in [3.63, 3.8) is 0 Å². The minimum absolute atomic E-state index is 0.0163. The molecule has 0 unspecified atom stereocenters. The van der Waals surface area contributed by atoms with Gasteiger partial charge in [-0.2, -0.15) is 0 Å². The molecule has 2 atom stereocenters. The van der Waals surface area contributed by atoms with Gasteiger partial charge in [-0.1, -0.05) is 91.9 Å². The Hall–Kier alpha value is -3.90. The van der Waals surface area contributed by atoms with E-state index in [2.05, 4.69) is 5.32 Å². The van der Waals surface area contributed by atoms with Gasteiger partial charge in [0.05, 0.1) is 7.11 Å². The maximum absolute atomic E-state index is 13.7. The molecule has 0 aromatic heterocycles. The van der Waals surface area contributed by atoms with E-state index in [1.165, 1.54) is 13.2 Å². The van der Waals surface area contributed by atoms with Crippen molar-refractivity contribution in [1.82, 2.24) is 0 Å². The number of methoxy groups -OCH3 is 1. The Kier molecular flexibility index (Phi) is 8.22. The molecule has 2 N–H and O–H groups in total. The third kappa shape index (κ3) is 5.35. The second-order valence-electron chi connectivity index (χ2n) is 7.81. The van der Waals surface area contributed by atoms with Gasteiger partial charge in [-0.15, -0.1) is 0 Å². The maximum atomic E-state index is 13.7. The molecule has 0 saturated heterocycles. The zero-order chi connectivity index (χ0) is 24.4. The number of carbonyl (C=O) groups is 2. The zero-order valence-corrected chi connectivity index (χ0v) is 19.3. The second kappa shape index (κ2) is 11.3. The highest BCUT2D eigenvalue weighted by atomic mass is 16.6.